The Kier molecular flexibility index (Phi) is 8.78. The molecule has 248 valence electrons. The van der Waals surface area contributed by atoms with Crippen LogP contribution in [0.15, 0.2) is 66.2 Å². The molecule has 4 aliphatic carbocycles. The van der Waals surface area contributed by atoms with E-state index < -0.39 is 17.8 Å². The van der Waals surface area contributed by atoms with Gasteiger partial charge in [-0.3, -0.25) is 19.7 Å². The van der Waals surface area contributed by atoms with E-state index in [9.17, 15) is 19.2 Å². The molecular weight excluding hydrogens is 721 g/mol. The molecule has 48 heavy (non-hydrogen) atoms. The summed E-state index contributed by atoms with van der Waals surface area (Å²) in [5.41, 5.74) is 3.98. The normalized spacial score (nSPS) is 25.3. The SMILES string of the molecule is CCOc1cc(/C=C2\C(=O)NC(=O)N(c3ccc(C45CC6CC(CC(C6)C4)C5)cc3)C2=O)cc(I)c1OCC(=O)Nc1ccc(C)cc1. The summed E-state index contributed by atoms with van der Waals surface area (Å²) >= 11 is 2.07. The molecule has 0 atom stereocenters. The molecule has 9 nitrogen and oxygen atoms in total. The van der Waals surface area contributed by atoms with E-state index in [4.69, 9.17) is 9.47 Å². The van der Waals surface area contributed by atoms with E-state index in [0.29, 0.717) is 38.6 Å². The van der Waals surface area contributed by atoms with E-state index in [-0.39, 0.29) is 23.5 Å². The van der Waals surface area contributed by atoms with Crippen molar-refractivity contribution in [2.75, 3.05) is 23.4 Å². The third-order valence-corrected chi connectivity index (χ3v) is 11.0. The molecule has 8 rings (SSSR count). The molecule has 2 N–H and O–H groups in total. The van der Waals surface area contributed by atoms with Gasteiger partial charge in [-0.05, 0) is 152 Å². The smallest absolute Gasteiger partial charge is 0.335 e. The number of nitrogens with zero attached hydrogens (tertiary/aromatic N) is 1. The van der Waals surface area contributed by atoms with Crippen LogP contribution in [0.5, 0.6) is 11.5 Å². The Bertz CT molecular complexity index is 1780. The van der Waals surface area contributed by atoms with Crippen LogP contribution in [-0.2, 0) is 19.8 Å². The van der Waals surface area contributed by atoms with E-state index in [2.05, 4.69) is 45.4 Å². The minimum atomic E-state index is -0.776. The summed E-state index contributed by atoms with van der Waals surface area (Å²) in [5, 5.41) is 5.14. The van der Waals surface area contributed by atoms with Crippen molar-refractivity contribution in [3.05, 3.63) is 86.5 Å². The van der Waals surface area contributed by atoms with Gasteiger partial charge in [0.1, 0.15) is 5.57 Å². The number of carbonyl (C=O) groups is 4. The molecular formula is C38H38IN3O6. The molecule has 5 amide bonds. The molecule has 4 saturated carbocycles. The number of aryl methyl sites for hydroxylation is 1. The van der Waals surface area contributed by atoms with Crippen molar-refractivity contribution in [3.8, 4) is 11.5 Å². The monoisotopic (exact) mass is 759 g/mol. The fourth-order valence-corrected chi connectivity index (χ4v) is 9.31. The first kappa shape index (κ1) is 32.4. The van der Waals surface area contributed by atoms with Gasteiger partial charge in [-0.1, -0.05) is 29.8 Å². The number of ether oxygens (including phenoxy) is 2. The third-order valence-electron chi connectivity index (χ3n) is 10.2. The predicted molar refractivity (Wildman–Crippen MR) is 191 cm³/mol. The number of benzene rings is 3. The van der Waals surface area contributed by atoms with Gasteiger partial charge >= 0.3 is 6.03 Å². The average Bonchev–Trinajstić information content (AvgIpc) is 3.03. The van der Waals surface area contributed by atoms with Gasteiger partial charge in [0, 0.05) is 5.69 Å². The summed E-state index contributed by atoms with van der Waals surface area (Å²) in [6.07, 6.45) is 9.17. The number of anilines is 2. The molecule has 0 aromatic heterocycles. The Hall–Kier alpha value is -4.19. The Balaban J connectivity index is 1.09. The Labute approximate surface area is 293 Å². The van der Waals surface area contributed by atoms with Crippen LogP contribution in [0, 0.1) is 28.2 Å². The van der Waals surface area contributed by atoms with Crippen LogP contribution in [0.1, 0.15) is 62.1 Å². The van der Waals surface area contributed by atoms with Crippen LogP contribution in [-0.4, -0.2) is 37.0 Å². The quantitative estimate of drug-likeness (QED) is 0.136. The van der Waals surface area contributed by atoms with E-state index in [1.807, 2.05) is 50.2 Å². The topological polar surface area (TPSA) is 114 Å². The minimum absolute atomic E-state index is 0.177. The lowest BCUT2D eigenvalue weighted by Gasteiger charge is -2.57. The highest BCUT2D eigenvalue weighted by Crippen LogP contribution is 2.60. The van der Waals surface area contributed by atoms with Gasteiger partial charge in [-0.15, -0.1) is 0 Å². The molecule has 10 heteroatoms. The minimum Gasteiger partial charge on any atom is -0.490 e. The largest absolute Gasteiger partial charge is 0.490 e. The van der Waals surface area contributed by atoms with Gasteiger partial charge in [0.25, 0.3) is 17.7 Å². The lowest BCUT2D eigenvalue weighted by atomic mass is 9.48. The van der Waals surface area contributed by atoms with Gasteiger partial charge in [-0.25, -0.2) is 9.69 Å². The Morgan fingerprint density at radius 3 is 2.23 bits per heavy atom. The van der Waals surface area contributed by atoms with Crippen LogP contribution in [0.3, 0.4) is 0 Å². The van der Waals surface area contributed by atoms with E-state index in [1.54, 1.807) is 12.1 Å². The number of nitrogens with one attached hydrogen (secondary N) is 2. The molecule has 1 aliphatic heterocycles. The second-order valence-electron chi connectivity index (χ2n) is 13.7. The predicted octanol–water partition coefficient (Wildman–Crippen LogP) is 7.15. The van der Waals surface area contributed by atoms with Crippen LogP contribution in [0.25, 0.3) is 6.08 Å². The first-order valence-electron chi connectivity index (χ1n) is 16.6. The first-order valence-corrected chi connectivity index (χ1v) is 17.7. The van der Waals surface area contributed by atoms with Crippen LogP contribution in [0.4, 0.5) is 16.2 Å². The molecule has 1 heterocycles. The lowest BCUT2D eigenvalue weighted by molar-refractivity contribution is -0.122. The maximum Gasteiger partial charge on any atom is 0.335 e. The highest BCUT2D eigenvalue weighted by molar-refractivity contribution is 14.1. The van der Waals surface area contributed by atoms with Gasteiger partial charge in [0.2, 0.25) is 0 Å². The van der Waals surface area contributed by atoms with Gasteiger partial charge < -0.3 is 14.8 Å². The van der Waals surface area contributed by atoms with Crippen molar-refractivity contribution in [2.24, 2.45) is 17.8 Å². The molecule has 0 unspecified atom stereocenters. The summed E-state index contributed by atoms with van der Waals surface area (Å²) in [5.74, 6) is 1.34. The summed E-state index contributed by atoms with van der Waals surface area (Å²) in [6, 6.07) is 17.9. The van der Waals surface area contributed by atoms with Crippen molar-refractivity contribution in [1.29, 1.82) is 0 Å². The zero-order chi connectivity index (χ0) is 33.6. The van der Waals surface area contributed by atoms with E-state index in [1.165, 1.54) is 50.2 Å². The maximum atomic E-state index is 13.7. The van der Waals surface area contributed by atoms with Crippen molar-refractivity contribution in [1.82, 2.24) is 5.32 Å². The number of imide groups is 2. The van der Waals surface area contributed by atoms with Crippen molar-refractivity contribution < 1.29 is 28.7 Å². The third kappa shape index (κ3) is 6.34. The molecule has 5 aliphatic rings. The maximum absolute atomic E-state index is 13.7. The average molecular weight is 760 g/mol. The molecule has 4 bridgehead atoms. The summed E-state index contributed by atoms with van der Waals surface area (Å²) in [7, 11) is 0. The number of hydrogen-bond donors (Lipinski definition) is 2. The molecule has 3 aromatic rings. The molecule has 1 saturated heterocycles. The lowest BCUT2D eigenvalue weighted by Crippen LogP contribution is -2.54. The second-order valence-corrected chi connectivity index (χ2v) is 14.8. The van der Waals surface area contributed by atoms with Gasteiger partial charge in [0.05, 0.1) is 15.9 Å². The zero-order valence-corrected chi connectivity index (χ0v) is 29.2. The zero-order valence-electron chi connectivity index (χ0n) is 27.0. The second kappa shape index (κ2) is 13.0. The van der Waals surface area contributed by atoms with E-state index >= 15 is 0 Å². The summed E-state index contributed by atoms with van der Waals surface area (Å²) in [4.78, 5) is 53.3. The van der Waals surface area contributed by atoms with Crippen molar-refractivity contribution >= 4 is 63.8 Å². The number of barbiturate groups is 1. The number of amides is 5. The number of urea groups is 1. The standard InChI is InChI=1S/C38H38IN3O6/c1-3-47-32-17-23(16-31(39)34(32)48-21-33(43)40-28-8-4-22(2)5-9-28)15-30-35(44)41-37(46)42(36(30)45)29-10-6-27(7-11-29)38-18-24-12-25(19-38)14-26(13-24)20-38/h4-11,15-17,24-26H,3,12-14,18-21H2,1-2H3,(H,40,43)(H,41,44,46)/b30-15+. The number of hydrogen-bond acceptors (Lipinski definition) is 6. The highest BCUT2D eigenvalue weighted by atomic mass is 127. The number of halogens is 1. The molecule has 0 spiro atoms. The highest BCUT2D eigenvalue weighted by Gasteiger charge is 2.51. The number of carbonyl (C=O) groups excluding carboxylic acids is 4. The molecule has 0 radical (unpaired) electrons. The fraction of sp³-hybridized carbons (Fsp3) is 0.368. The number of rotatable bonds is 9. The molecule has 5 fully saturated rings. The Morgan fingerprint density at radius 2 is 1.60 bits per heavy atom. The van der Waals surface area contributed by atoms with Crippen LogP contribution < -0.4 is 25.0 Å². The van der Waals surface area contributed by atoms with Crippen molar-refractivity contribution in [3.63, 3.8) is 0 Å². The van der Waals surface area contributed by atoms with Crippen LogP contribution >= 0.6 is 22.6 Å². The van der Waals surface area contributed by atoms with Crippen LogP contribution in [0.2, 0.25) is 0 Å². The fourth-order valence-electron chi connectivity index (χ4n) is 8.53. The first-order chi connectivity index (χ1) is 23.1. The Morgan fingerprint density at radius 1 is 0.958 bits per heavy atom. The summed E-state index contributed by atoms with van der Waals surface area (Å²) in [6.45, 7) is 3.87. The summed E-state index contributed by atoms with van der Waals surface area (Å²) < 4.78 is 12.3. The van der Waals surface area contributed by atoms with Crippen molar-refractivity contribution in [2.45, 2.75) is 57.8 Å². The van der Waals surface area contributed by atoms with Gasteiger partial charge in [-0.2, -0.15) is 0 Å². The van der Waals surface area contributed by atoms with Gasteiger partial charge in [0.15, 0.2) is 18.1 Å². The van der Waals surface area contributed by atoms with E-state index in [0.717, 1.165) is 28.2 Å². The molecule has 3 aromatic carbocycles.